The first-order valence-corrected chi connectivity index (χ1v) is 10.8. The van der Waals surface area contributed by atoms with E-state index in [1.807, 2.05) is 40.6 Å². The smallest absolute Gasteiger partial charge is 0.253 e. The van der Waals surface area contributed by atoms with E-state index in [0.29, 0.717) is 11.1 Å². The van der Waals surface area contributed by atoms with Gasteiger partial charge in [0.05, 0.1) is 10.7 Å². The molecule has 140 valence electrons. The number of benzene rings is 1. The number of nitrogens with zero attached hydrogens (tertiary/aromatic N) is 1. The molecule has 0 atom stereocenters. The third kappa shape index (κ3) is 5.79. The van der Waals surface area contributed by atoms with Crippen LogP contribution in [0.5, 0.6) is 0 Å². The zero-order valence-corrected chi connectivity index (χ0v) is 16.8. The lowest BCUT2D eigenvalue weighted by Crippen LogP contribution is -2.41. The van der Waals surface area contributed by atoms with Crippen molar-refractivity contribution in [2.75, 3.05) is 37.7 Å². The fraction of sp³-hybridized carbons (Fsp3) is 0.611. The first-order chi connectivity index (χ1) is 11.8. The number of thioether (sulfide) groups is 2. The van der Waals surface area contributed by atoms with Crippen LogP contribution in [0.25, 0.3) is 0 Å². The lowest BCUT2D eigenvalue weighted by atomic mass is 10.1. The number of ether oxygens (including phenoxy) is 1. The minimum atomic E-state index is 0. The van der Waals surface area contributed by atoms with E-state index in [0.717, 1.165) is 44.5 Å². The standard InChI is InChI=1S/C18H26N2O2S2.ClH/c19-8-1-11-22-16-6-9-20(10-7-16)17(21)14-2-4-15(5-3-14)18-23-12-13-24-18;/h2-5,16,18H,1,6-13,19H2;1H. The lowest BCUT2D eigenvalue weighted by Gasteiger charge is -2.32. The zero-order valence-electron chi connectivity index (χ0n) is 14.4. The number of carbonyl (C=O) groups excluding carboxylic acids is 1. The van der Waals surface area contributed by atoms with E-state index in [4.69, 9.17) is 10.5 Å². The molecule has 2 N–H and O–H groups in total. The van der Waals surface area contributed by atoms with Crippen LogP contribution in [0.2, 0.25) is 0 Å². The second-order valence-corrected chi connectivity index (χ2v) is 8.92. The number of nitrogens with two attached hydrogens (primary N) is 1. The van der Waals surface area contributed by atoms with Gasteiger partial charge in [0.25, 0.3) is 5.91 Å². The molecule has 1 aromatic carbocycles. The maximum Gasteiger partial charge on any atom is 0.253 e. The molecule has 0 radical (unpaired) electrons. The molecule has 2 heterocycles. The van der Waals surface area contributed by atoms with Gasteiger partial charge in [-0.05, 0) is 43.5 Å². The van der Waals surface area contributed by atoms with E-state index >= 15 is 0 Å². The summed E-state index contributed by atoms with van der Waals surface area (Å²) in [6.45, 7) is 2.96. The quantitative estimate of drug-likeness (QED) is 0.737. The Morgan fingerprint density at radius 3 is 2.40 bits per heavy atom. The SMILES string of the molecule is Cl.NCCCOC1CCN(C(=O)c2ccc(C3SCCS3)cc2)CC1. The fourth-order valence-electron chi connectivity index (χ4n) is 3.08. The predicted molar refractivity (Wildman–Crippen MR) is 110 cm³/mol. The molecule has 2 fully saturated rings. The van der Waals surface area contributed by atoms with Crippen LogP contribution < -0.4 is 5.73 Å². The number of hydrogen-bond acceptors (Lipinski definition) is 5. The second kappa shape index (κ2) is 10.7. The average molecular weight is 403 g/mol. The normalized spacial score (nSPS) is 19.0. The topological polar surface area (TPSA) is 55.6 Å². The number of rotatable bonds is 6. The minimum Gasteiger partial charge on any atom is -0.378 e. The van der Waals surface area contributed by atoms with Crippen molar-refractivity contribution >= 4 is 41.8 Å². The van der Waals surface area contributed by atoms with E-state index < -0.39 is 0 Å². The third-order valence-corrected chi connectivity index (χ3v) is 7.59. The third-order valence-electron chi connectivity index (χ3n) is 4.48. The first kappa shape index (κ1) is 20.9. The van der Waals surface area contributed by atoms with Crippen molar-refractivity contribution in [1.29, 1.82) is 0 Å². The summed E-state index contributed by atoms with van der Waals surface area (Å²) in [5.74, 6) is 2.59. The molecular formula is C18H27ClN2O2S2. The van der Waals surface area contributed by atoms with E-state index in [9.17, 15) is 4.79 Å². The number of halogens is 1. The molecule has 2 aliphatic heterocycles. The highest BCUT2D eigenvalue weighted by Crippen LogP contribution is 2.45. The molecule has 2 saturated heterocycles. The average Bonchev–Trinajstić information content (AvgIpc) is 3.17. The molecule has 0 unspecified atom stereocenters. The molecule has 0 aliphatic carbocycles. The van der Waals surface area contributed by atoms with Crippen LogP contribution in [-0.4, -0.2) is 54.7 Å². The minimum absolute atomic E-state index is 0. The van der Waals surface area contributed by atoms with Crippen LogP contribution in [0.1, 0.15) is 39.8 Å². The van der Waals surface area contributed by atoms with Gasteiger partial charge in [0.1, 0.15) is 0 Å². The van der Waals surface area contributed by atoms with Crippen LogP contribution in [-0.2, 0) is 4.74 Å². The second-order valence-electron chi connectivity index (χ2n) is 6.20. The summed E-state index contributed by atoms with van der Waals surface area (Å²) in [5, 5.41) is 0. The van der Waals surface area contributed by atoms with Crippen molar-refractivity contribution in [3.05, 3.63) is 35.4 Å². The van der Waals surface area contributed by atoms with Crippen molar-refractivity contribution in [3.8, 4) is 0 Å². The summed E-state index contributed by atoms with van der Waals surface area (Å²) in [7, 11) is 0. The number of likely N-dealkylation sites (tertiary alicyclic amines) is 1. The summed E-state index contributed by atoms with van der Waals surface area (Å²) in [6, 6.07) is 8.21. The molecule has 3 rings (SSSR count). The number of carbonyl (C=O) groups is 1. The number of piperidine rings is 1. The van der Waals surface area contributed by atoms with E-state index in [-0.39, 0.29) is 24.4 Å². The summed E-state index contributed by atoms with van der Waals surface area (Å²) >= 11 is 3.98. The van der Waals surface area contributed by atoms with Crippen molar-refractivity contribution in [3.63, 3.8) is 0 Å². The highest BCUT2D eigenvalue weighted by atomic mass is 35.5. The Morgan fingerprint density at radius 2 is 1.80 bits per heavy atom. The molecule has 0 saturated carbocycles. The van der Waals surface area contributed by atoms with Crippen molar-refractivity contribution in [2.45, 2.75) is 29.9 Å². The summed E-state index contributed by atoms with van der Waals surface area (Å²) < 4.78 is 6.34. The Labute approximate surface area is 165 Å². The Balaban J connectivity index is 0.00000225. The Morgan fingerprint density at radius 1 is 1.16 bits per heavy atom. The largest absolute Gasteiger partial charge is 0.378 e. The molecule has 0 spiro atoms. The van der Waals surface area contributed by atoms with Gasteiger partial charge < -0.3 is 15.4 Å². The molecular weight excluding hydrogens is 376 g/mol. The highest BCUT2D eigenvalue weighted by molar-refractivity contribution is 8.19. The predicted octanol–water partition coefficient (Wildman–Crippen LogP) is 3.56. The van der Waals surface area contributed by atoms with Crippen molar-refractivity contribution < 1.29 is 9.53 Å². The maximum atomic E-state index is 12.7. The van der Waals surface area contributed by atoms with Gasteiger partial charge in [0.2, 0.25) is 0 Å². The van der Waals surface area contributed by atoms with E-state index in [2.05, 4.69) is 12.1 Å². The van der Waals surface area contributed by atoms with Crippen molar-refractivity contribution in [1.82, 2.24) is 4.90 Å². The van der Waals surface area contributed by atoms with Gasteiger partial charge in [-0.1, -0.05) is 12.1 Å². The lowest BCUT2D eigenvalue weighted by molar-refractivity contribution is 0.00845. The summed E-state index contributed by atoms with van der Waals surface area (Å²) in [5.41, 5.74) is 7.61. The molecule has 4 nitrogen and oxygen atoms in total. The van der Waals surface area contributed by atoms with E-state index in [1.54, 1.807) is 0 Å². The van der Waals surface area contributed by atoms with Crippen LogP contribution in [0.15, 0.2) is 24.3 Å². The first-order valence-electron chi connectivity index (χ1n) is 8.72. The summed E-state index contributed by atoms with van der Waals surface area (Å²) in [4.78, 5) is 14.6. The molecule has 2 aliphatic rings. The molecule has 0 bridgehead atoms. The maximum absolute atomic E-state index is 12.7. The fourth-order valence-corrected chi connectivity index (χ4v) is 5.93. The molecule has 1 aromatic rings. The van der Waals surface area contributed by atoms with Gasteiger partial charge in [0, 0.05) is 36.8 Å². The van der Waals surface area contributed by atoms with Gasteiger partial charge in [0.15, 0.2) is 0 Å². The van der Waals surface area contributed by atoms with Gasteiger partial charge in [-0.15, -0.1) is 35.9 Å². The molecule has 25 heavy (non-hydrogen) atoms. The highest BCUT2D eigenvalue weighted by Gasteiger charge is 2.24. The van der Waals surface area contributed by atoms with Crippen LogP contribution >= 0.6 is 35.9 Å². The molecule has 0 aromatic heterocycles. The molecule has 7 heteroatoms. The summed E-state index contributed by atoms with van der Waals surface area (Å²) in [6.07, 6.45) is 3.02. The van der Waals surface area contributed by atoms with Crippen LogP contribution in [0.4, 0.5) is 0 Å². The Hall–Kier alpha value is -0.400. The number of amides is 1. The van der Waals surface area contributed by atoms with Crippen LogP contribution in [0, 0.1) is 0 Å². The van der Waals surface area contributed by atoms with Gasteiger partial charge in [-0.3, -0.25) is 4.79 Å². The van der Waals surface area contributed by atoms with Gasteiger partial charge >= 0.3 is 0 Å². The monoisotopic (exact) mass is 402 g/mol. The van der Waals surface area contributed by atoms with Gasteiger partial charge in [-0.25, -0.2) is 0 Å². The van der Waals surface area contributed by atoms with Gasteiger partial charge in [-0.2, -0.15) is 0 Å². The number of hydrogen-bond donors (Lipinski definition) is 1. The molecule has 1 amide bonds. The zero-order chi connectivity index (χ0) is 16.8. The van der Waals surface area contributed by atoms with Crippen molar-refractivity contribution in [2.24, 2.45) is 5.73 Å². The van der Waals surface area contributed by atoms with E-state index in [1.165, 1.54) is 17.1 Å². The Kier molecular flexibility index (Phi) is 8.93. The Bertz CT molecular complexity index is 530. The van der Waals surface area contributed by atoms with Crippen LogP contribution in [0.3, 0.4) is 0 Å².